The van der Waals surface area contributed by atoms with Gasteiger partial charge in [0, 0.05) is 23.2 Å². The molecule has 34 heavy (non-hydrogen) atoms. The Morgan fingerprint density at radius 3 is 2.47 bits per heavy atom. The number of aromatic nitrogens is 2. The molecule has 0 unspecified atom stereocenters. The number of benzene rings is 2. The molecule has 9 nitrogen and oxygen atoms in total. The summed E-state index contributed by atoms with van der Waals surface area (Å²) in [4.78, 5) is 41.2. The van der Waals surface area contributed by atoms with Gasteiger partial charge in [-0.05, 0) is 49.4 Å². The van der Waals surface area contributed by atoms with Crippen LogP contribution in [0.1, 0.15) is 33.2 Å². The topological polar surface area (TPSA) is 123 Å². The van der Waals surface area contributed by atoms with Gasteiger partial charge in [-0.3, -0.25) is 14.6 Å². The Bertz CT molecular complexity index is 1440. The van der Waals surface area contributed by atoms with Crippen molar-refractivity contribution in [2.75, 3.05) is 6.61 Å². The average Bonchev–Trinajstić information content (AvgIpc) is 2.87. The summed E-state index contributed by atoms with van der Waals surface area (Å²) in [5.41, 5.74) is 3.15. The number of nitrogens with one attached hydrogen (secondary N) is 1. The lowest BCUT2D eigenvalue weighted by atomic mass is 10.1. The van der Waals surface area contributed by atoms with Gasteiger partial charge in [0.25, 0.3) is 11.5 Å². The summed E-state index contributed by atoms with van der Waals surface area (Å²) in [5, 5.41) is 15.8. The maximum Gasteiger partial charge on any atom is 0.338 e. The number of esters is 1. The van der Waals surface area contributed by atoms with Gasteiger partial charge < -0.3 is 9.84 Å². The van der Waals surface area contributed by atoms with E-state index < -0.39 is 17.4 Å². The number of fused-ring (bicyclic) bond motifs is 1. The third kappa shape index (κ3) is 4.40. The minimum Gasteiger partial charge on any atom is -0.494 e. The number of carbonyl (C=O) groups is 2. The molecule has 0 aliphatic carbocycles. The molecule has 0 aliphatic rings. The first kappa shape index (κ1) is 22.4. The molecule has 170 valence electrons. The maximum atomic E-state index is 13.2. The number of amides is 1. The number of aromatic hydroxyl groups is 1. The van der Waals surface area contributed by atoms with Crippen LogP contribution in [0.3, 0.4) is 0 Å². The normalized spacial score (nSPS) is 11.0. The van der Waals surface area contributed by atoms with E-state index >= 15 is 0 Å². The van der Waals surface area contributed by atoms with Crippen LogP contribution in [0.15, 0.2) is 83.0 Å². The van der Waals surface area contributed by atoms with E-state index in [0.717, 1.165) is 4.57 Å². The van der Waals surface area contributed by atoms with Gasteiger partial charge in [0.15, 0.2) is 0 Å². The SMILES string of the molecule is CCOC(=O)c1ccc(-n2c(O)c(C=NNC(=O)c3cccnc3)c3ccccc3c2=O)cc1. The standard InChI is InChI=1S/C25H20N4O5/c1-2-34-25(33)16-9-11-18(12-10-16)29-23(31)20-8-4-3-7-19(20)21(24(29)32)15-27-28-22(30)17-6-5-13-26-14-17/h3-15,32H,2H2,1H3,(H,28,30). The number of ether oxygens (including phenoxy) is 1. The molecule has 4 aromatic rings. The van der Waals surface area contributed by atoms with Gasteiger partial charge in [-0.25, -0.2) is 14.8 Å². The number of hydrazone groups is 1. The number of nitrogens with zero attached hydrogens (tertiary/aromatic N) is 3. The first-order chi connectivity index (χ1) is 16.5. The Hall–Kier alpha value is -4.79. The first-order valence-electron chi connectivity index (χ1n) is 10.4. The lowest BCUT2D eigenvalue weighted by molar-refractivity contribution is 0.0526. The summed E-state index contributed by atoms with van der Waals surface area (Å²) in [5.74, 6) is -1.33. The third-order valence-electron chi connectivity index (χ3n) is 5.02. The van der Waals surface area contributed by atoms with E-state index in [9.17, 15) is 19.5 Å². The van der Waals surface area contributed by atoms with Crippen molar-refractivity contribution in [2.24, 2.45) is 5.10 Å². The average molecular weight is 456 g/mol. The highest BCUT2D eigenvalue weighted by molar-refractivity contribution is 6.02. The van der Waals surface area contributed by atoms with Gasteiger partial charge >= 0.3 is 5.97 Å². The van der Waals surface area contributed by atoms with E-state index in [1.165, 1.54) is 36.7 Å². The Morgan fingerprint density at radius 1 is 1.06 bits per heavy atom. The number of hydrogen-bond acceptors (Lipinski definition) is 7. The summed E-state index contributed by atoms with van der Waals surface area (Å²) < 4.78 is 6.09. The Labute approximate surface area is 194 Å². The predicted molar refractivity (Wildman–Crippen MR) is 126 cm³/mol. The number of hydrogen-bond donors (Lipinski definition) is 2. The van der Waals surface area contributed by atoms with Crippen molar-refractivity contribution in [3.8, 4) is 11.6 Å². The van der Waals surface area contributed by atoms with Crippen LogP contribution in [0, 0.1) is 0 Å². The second-order valence-corrected chi connectivity index (χ2v) is 7.13. The third-order valence-corrected chi connectivity index (χ3v) is 5.02. The molecule has 0 fully saturated rings. The van der Waals surface area contributed by atoms with E-state index in [1.54, 1.807) is 49.5 Å². The van der Waals surface area contributed by atoms with Crippen LogP contribution in [-0.2, 0) is 4.74 Å². The fourth-order valence-corrected chi connectivity index (χ4v) is 3.41. The van der Waals surface area contributed by atoms with Gasteiger partial charge in [0.05, 0.1) is 35.2 Å². The minimum atomic E-state index is -0.485. The fraction of sp³-hybridized carbons (Fsp3) is 0.0800. The number of carbonyl (C=O) groups excluding carboxylic acids is 2. The second-order valence-electron chi connectivity index (χ2n) is 7.13. The molecule has 1 amide bonds. The van der Waals surface area contributed by atoms with Gasteiger partial charge in [0.2, 0.25) is 5.88 Å². The number of rotatable bonds is 6. The van der Waals surface area contributed by atoms with Crippen LogP contribution in [0.5, 0.6) is 5.88 Å². The minimum absolute atomic E-state index is 0.233. The Morgan fingerprint density at radius 2 is 1.79 bits per heavy atom. The molecule has 2 N–H and O–H groups in total. The highest BCUT2D eigenvalue weighted by atomic mass is 16.5. The number of pyridine rings is 2. The smallest absolute Gasteiger partial charge is 0.338 e. The summed E-state index contributed by atoms with van der Waals surface area (Å²) in [6.45, 7) is 1.95. The molecule has 2 heterocycles. The molecular weight excluding hydrogens is 436 g/mol. The molecule has 0 aliphatic heterocycles. The van der Waals surface area contributed by atoms with E-state index in [-0.39, 0.29) is 18.1 Å². The van der Waals surface area contributed by atoms with Crippen molar-refractivity contribution in [3.63, 3.8) is 0 Å². The zero-order chi connectivity index (χ0) is 24.1. The van der Waals surface area contributed by atoms with Gasteiger partial charge in [-0.15, -0.1) is 0 Å². The van der Waals surface area contributed by atoms with E-state index in [4.69, 9.17) is 4.74 Å². The van der Waals surface area contributed by atoms with Crippen LogP contribution < -0.4 is 11.0 Å². The first-order valence-corrected chi connectivity index (χ1v) is 10.4. The molecule has 2 aromatic heterocycles. The van der Waals surface area contributed by atoms with Crippen molar-refractivity contribution in [1.29, 1.82) is 0 Å². The summed E-state index contributed by atoms with van der Waals surface area (Å²) >= 11 is 0. The highest BCUT2D eigenvalue weighted by Crippen LogP contribution is 2.26. The van der Waals surface area contributed by atoms with Crippen LogP contribution in [0.25, 0.3) is 16.5 Å². The lowest BCUT2D eigenvalue weighted by Gasteiger charge is -2.14. The zero-order valence-electron chi connectivity index (χ0n) is 18.1. The predicted octanol–water partition coefficient (Wildman–Crippen LogP) is 3.03. The van der Waals surface area contributed by atoms with Gasteiger partial charge in [-0.2, -0.15) is 5.10 Å². The summed E-state index contributed by atoms with van der Waals surface area (Å²) in [6, 6.07) is 16.0. The summed E-state index contributed by atoms with van der Waals surface area (Å²) in [7, 11) is 0. The fourth-order valence-electron chi connectivity index (χ4n) is 3.41. The molecular formula is C25H20N4O5. The molecule has 0 bridgehead atoms. The largest absolute Gasteiger partial charge is 0.494 e. The van der Waals surface area contributed by atoms with E-state index in [1.807, 2.05) is 0 Å². The van der Waals surface area contributed by atoms with Crippen molar-refractivity contribution >= 4 is 28.9 Å². The van der Waals surface area contributed by atoms with Crippen molar-refractivity contribution in [2.45, 2.75) is 6.92 Å². The van der Waals surface area contributed by atoms with Crippen LogP contribution in [0.4, 0.5) is 0 Å². The van der Waals surface area contributed by atoms with Crippen LogP contribution in [0.2, 0.25) is 0 Å². The van der Waals surface area contributed by atoms with Gasteiger partial charge in [0.1, 0.15) is 0 Å². The molecule has 0 saturated carbocycles. The highest BCUT2D eigenvalue weighted by Gasteiger charge is 2.17. The van der Waals surface area contributed by atoms with Crippen molar-refractivity contribution in [1.82, 2.24) is 15.0 Å². The molecule has 0 spiro atoms. The molecule has 0 saturated heterocycles. The van der Waals surface area contributed by atoms with Crippen molar-refractivity contribution in [3.05, 3.63) is 100 Å². The molecule has 9 heteroatoms. The zero-order valence-corrected chi connectivity index (χ0v) is 18.1. The van der Waals surface area contributed by atoms with Gasteiger partial charge in [-0.1, -0.05) is 18.2 Å². The second kappa shape index (κ2) is 9.78. The summed E-state index contributed by atoms with van der Waals surface area (Å²) in [6.07, 6.45) is 4.22. The molecule has 0 radical (unpaired) electrons. The van der Waals surface area contributed by atoms with Crippen LogP contribution >= 0.6 is 0 Å². The Balaban J connectivity index is 1.75. The molecule has 4 rings (SSSR count). The van der Waals surface area contributed by atoms with Crippen molar-refractivity contribution < 1.29 is 19.4 Å². The maximum absolute atomic E-state index is 13.2. The quantitative estimate of drug-likeness (QED) is 0.261. The van der Waals surface area contributed by atoms with E-state index in [0.29, 0.717) is 27.6 Å². The molecule has 2 aromatic carbocycles. The van der Waals surface area contributed by atoms with Crippen LogP contribution in [-0.4, -0.2) is 39.4 Å². The van der Waals surface area contributed by atoms with E-state index in [2.05, 4.69) is 15.5 Å². The Kier molecular flexibility index (Phi) is 6.45. The lowest BCUT2D eigenvalue weighted by Crippen LogP contribution is -2.21. The molecule has 0 atom stereocenters. The monoisotopic (exact) mass is 456 g/mol.